The summed E-state index contributed by atoms with van der Waals surface area (Å²) in [6, 6.07) is 0.609. The van der Waals surface area contributed by atoms with Gasteiger partial charge in [-0.05, 0) is 0 Å². The molecule has 16 heavy (non-hydrogen) atoms. The first-order chi connectivity index (χ1) is 7.37. The Bertz CT molecular complexity index is 428. The van der Waals surface area contributed by atoms with Crippen molar-refractivity contribution in [1.82, 2.24) is 4.98 Å². The van der Waals surface area contributed by atoms with E-state index in [0.29, 0.717) is 6.07 Å². The molecule has 0 aliphatic heterocycles. The van der Waals surface area contributed by atoms with Crippen LogP contribution in [-0.4, -0.2) is 16.5 Å². The molecule has 8 heteroatoms. The summed E-state index contributed by atoms with van der Waals surface area (Å²) in [4.78, 5) is 13.2. The third kappa shape index (κ3) is 2.97. The van der Waals surface area contributed by atoms with Gasteiger partial charge >= 0.3 is 6.36 Å². The van der Waals surface area contributed by atoms with Crippen molar-refractivity contribution in [3.05, 3.63) is 27.7 Å². The number of halogens is 3. The summed E-state index contributed by atoms with van der Waals surface area (Å²) in [5.41, 5.74) is 4.26. The zero-order valence-electron chi connectivity index (χ0n) is 7.97. The van der Waals surface area contributed by atoms with Gasteiger partial charge in [0.2, 0.25) is 0 Å². The lowest BCUT2D eigenvalue weighted by Gasteiger charge is -2.13. The average molecular weight is 238 g/mol. The number of hydrogen-bond acceptors (Lipinski definition) is 4. The Morgan fingerprint density at radius 2 is 2.12 bits per heavy atom. The molecule has 0 aromatic carbocycles. The number of aromatic nitrogens is 1. The van der Waals surface area contributed by atoms with E-state index in [4.69, 9.17) is 10.8 Å². The molecule has 1 aromatic heterocycles. The number of H-pyrrole nitrogens is 1. The molecular formula is C8H9F3N2O3. The van der Waals surface area contributed by atoms with E-state index in [9.17, 15) is 18.0 Å². The maximum Gasteiger partial charge on any atom is 0.573 e. The molecule has 0 bridgehead atoms. The lowest BCUT2D eigenvalue weighted by molar-refractivity contribution is -0.275. The number of nitrogens with two attached hydrogens (primary N) is 1. The second-order valence-electron chi connectivity index (χ2n) is 2.86. The standard InChI is InChI=1S/C8H9F3N2O3/c9-8(10,11)16-6-1-7(15)13-5(2-12)4(6)3-14/h1,14H,2-3,12H2,(H,13,15). The molecule has 0 aliphatic carbocycles. The number of aliphatic hydroxyl groups is 1. The zero-order valence-corrected chi connectivity index (χ0v) is 7.97. The van der Waals surface area contributed by atoms with Crippen LogP contribution in [0.4, 0.5) is 13.2 Å². The van der Waals surface area contributed by atoms with Crippen molar-refractivity contribution in [2.45, 2.75) is 19.5 Å². The van der Waals surface area contributed by atoms with Gasteiger partial charge in [0.15, 0.2) is 0 Å². The third-order valence-electron chi connectivity index (χ3n) is 1.79. The molecule has 0 aliphatic rings. The van der Waals surface area contributed by atoms with Crippen LogP contribution in [0.5, 0.6) is 5.75 Å². The van der Waals surface area contributed by atoms with Crippen molar-refractivity contribution in [1.29, 1.82) is 0 Å². The van der Waals surface area contributed by atoms with Crippen LogP contribution in [0.3, 0.4) is 0 Å². The monoisotopic (exact) mass is 238 g/mol. The number of hydrogen-bond donors (Lipinski definition) is 3. The van der Waals surface area contributed by atoms with E-state index in [1.54, 1.807) is 0 Å². The van der Waals surface area contributed by atoms with E-state index < -0.39 is 24.3 Å². The highest BCUT2D eigenvalue weighted by atomic mass is 19.4. The predicted molar refractivity (Wildman–Crippen MR) is 47.6 cm³/mol. The molecule has 0 fully saturated rings. The summed E-state index contributed by atoms with van der Waals surface area (Å²) < 4.78 is 39.5. The summed E-state index contributed by atoms with van der Waals surface area (Å²) in [5.74, 6) is -0.737. The molecule has 5 nitrogen and oxygen atoms in total. The van der Waals surface area contributed by atoms with Gasteiger partial charge in [0.1, 0.15) is 5.75 Å². The number of nitrogens with one attached hydrogen (secondary N) is 1. The fraction of sp³-hybridized carbons (Fsp3) is 0.375. The molecule has 0 spiro atoms. The summed E-state index contributed by atoms with van der Waals surface area (Å²) in [6.45, 7) is -0.922. The fourth-order valence-electron chi connectivity index (χ4n) is 1.18. The van der Waals surface area contributed by atoms with Crippen molar-refractivity contribution in [2.75, 3.05) is 0 Å². The maximum absolute atomic E-state index is 12.0. The number of aromatic amines is 1. The Balaban J connectivity index is 3.26. The van der Waals surface area contributed by atoms with Gasteiger partial charge in [-0.1, -0.05) is 0 Å². The minimum Gasteiger partial charge on any atom is -0.405 e. The van der Waals surface area contributed by atoms with E-state index in [-0.39, 0.29) is 17.8 Å². The first-order valence-electron chi connectivity index (χ1n) is 4.19. The van der Waals surface area contributed by atoms with Gasteiger partial charge in [0.25, 0.3) is 5.56 Å². The Morgan fingerprint density at radius 3 is 2.56 bits per heavy atom. The van der Waals surface area contributed by atoms with Crippen LogP contribution in [0.25, 0.3) is 0 Å². The molecule has 0 atom stereocenters. The number of alkyl halides is 3. The Labute approximate surface area is 87.7 Å². The number of pyridine rings is 1. The van der Waals surface area contributed by atoms with Gasteiger partial charge in [-0.15, -0.1) is 13.2 Å². The van der Waals surface area contributed by atoms with Crippen molar-refractivity contribution in [3.63, 3.8) is 0 Å². The molecule has 1 aromatic rings. The minimum absolute atomic E-state index is 0.00856. The van der Waals surface area contributed by atoms with Crippen LogP contribution < -0.4 is 16.0 Å². The van der Waals surface area contributed by atoms with E-state index in [1.807, 2.05) is 0 Å². The largest absolute Gasteiger partial charge is 0.573 e. The smallest absolute Gasteiger partial charge is 0.405 e. The lowest BCUT2D eigenvalue weighted by atomic mass is 10.2. The van der Waals surface area contributed by atoms with Crippen LogP contribution in [-0.2, 0) is 13.2 Å². The van der Waals surface area contributed by atoms with E-state index in [0.717, 1.165) is 0 Å². The molecule has 1 heterocycles. The Kier molecular flexibility index (Phi) is 3.55. The number of ether oxygens (including phenoxy) is 1. The van der Waals surface area contributed by atoms with Crippen molar-refractivity contribution < 1.29 is 23.0 Å². The highest BCUT2D eigenvalue weighted by Crippen LogP contribution is 2.26. The van der Waals surface area contributed by atoms with Crippen LogP contribution in [0.1, 0.15) is 11.3 Å². The average Bonchev–Trinajstić information content (AvgIpc) is 2.14. The van der Waals surface area contributed by atoms with Crippen LogP contribution >= 0.6 is 0 Å². The van der Waals surface area contributed by atoms with Gasteiger partial charge < -0.3 is 20.6 Å². The molecule has 0 unspecified atom stereocenters. The van der Waals surface area contributed by atoms with E-state index >= 15 is 0 Å². The summed E-state index contributed by atoms with van der Waals surface area (Å²) in [5, 5.41) is 8.89. The topological polar surface area (TPSA) is 88.3 Å². The summed E-state index contributed by atoms with van der Waals surface area (Å²) in [7, 11) is 0. The molecule has 90 valence electrons. The van der Waals surface area contributed by atoms with Crippen LogP contribution in [0, 0.1) is 0 Å². The second-order valence-corrected chi connectivity index (χ2v) is 2.86. The first-order valence-corrected chi connectivity index (χ1v) is 4.19. The van der Waals surface area contributed by atoms with E-state index in [2.05, 4.69) is 9.72 Å². The predicted octanol–water partition coefficient (Wildman–Crippen LogP) is 0.225. The van der Waals surface area contributed by atoms with E-state index in [1.165, 1.54) is 0 Å². The number of aliphatic hydroxyl groups excluding tert-OH is 1. The molecule has 0 saturated carbocycles. The molecule has 1 rings (SSSR count). The third-order valence-corrected chi connectivity index (χ3v) is 1.79. The second kappa shape index (κ2) is 4.54. The maximum atomic E-state index is 12.0. The Hall–Kier alpha value is -1.54. The minimum atomic E-state index is -4.93. The summed E-state index contributed by atoms with van der Waals surface area (Å²) in [6.07, 6.45) is -4.93. The molecular weight excluding hydrogens is 229 g/mol. The number of rotatable bonds is 3. The lowest BCUT2D eigenvalue weighted by Crippen LogP contribution is -2.22. The molecule has 0 amide bonds. The highest BCUT2D eigenvalue weighted by molar-refractivity contribution is 5.35. The van der Waals surface area contributed by atoms with Crippen molar-refractivity contribution >= 4 is 0 Å². The Morgan fingerprint density at radius 1 is 1.50 bits per heavy atom. The van der Waals surface area contributed by atoms with Gasteiger partial charge in [-0.3, -0.25) is 4.79 Å². The van der Waals surface area contributed by atoms with Crippen molar-refractivity contribution in [2.24, 2.45) is 5.73 Å². The molecule has 0 saturated heterocycles. The van der Waals surface area contributed by atoms with Gasteiger partial charge in [-0.25, -0.2) is 0 Å². The summed E-state index contributed by atoms with van der Waals surface area (Å²) >= 11 is 0. The molecule has 0 radical (unpaired) electrons. The van der Waals surface area contributed by atoms with Crippen molar-refractivity contribution in [3.8, 4) is 5.75 Å². The fourth-order valence-corrected chi connectivity index (χ4v) is 1.18. The van der Waals surface area contributed by atoms with Crippen LogP contribution in [0.2, 0.25) is 0 Å². The SMILES string of the molecule is NCc1[nH]c(=O)cc(OC(F)(F)F)c1CO. The van der Waals surface area contributed by atoms with Gasteiger partial charge in [0.05, 0.1) is 6.61 Å². The highest BCUT2D eigenvalue weighted by Gasteiger charge is 2.32. The van der Waals surface area contributed by atoms with Gasteiger partial charge in [0, 0.05) is 23.9 Å². The zero-order chi connectivity index (χ0) is 12.3. The van der Waals surface area contributed by atoms with Crippen LogP contribution in [0.15, 0.2) is 10.9 Å². The van der Waals surface area contributed by atoms with Gasteiger partial charge in [-0.2, -0.15) is 0 Å². The molecule has 4 N–H and O–H groups in total. The first kappa shape index (κ1) is 12.5. The quantitative estimate of drug-likeness (QED) is 0.703. The normalized spacial score (nSPS) is 11.6.